The number of hydrogen-bond donors (Lipinski definition) is 1. The van der Waals surface area contributed by atoms with E-state index >= 15 is 0 Å². The summed E-state index contributed by atoms with van der Waals surface area (Å²) in [6.45, 7) is 13.6. The van der Waals surface area contributed by atoms with Crippen LogP contribution in [0.15, 0.2) is 17.2 Å². The van der Waals surface area contributed by atoms with Gasteiger partial charge in [0.1, 0.15) is 12.2 Å². The minimum atomic E-state index is -1.12. The van der Waals surface area contributed by atoms with Crippen molar-refractivity contribution >= 4 is 19.1 Å². The highest BCUT2D eigenvalue weighted by atomic mass is 28.3. The molecule has 0 radical (unpaired) electrons. The third-order valence-electron chi connectivity index (χ3n) is 5.12. The van der Waals surface area contributed by atoms with E-state index in [-0.39, 0.29) is 5.56 Å². The zero-order valence-electron chi connectivity index (χ0n) is 16.5. The quantitative estimate of drug-likeness (QED) is 0.595. The number of H-pyrrole nitrogens is 1. The van der Waals surface area contributed by atoms with Crippen molar-refractivity contribution < 1.29 is 4.74 Å². The molecule has 0 unspecified atom stereocenters. The molecule has 3 heterocycles. The van der Waals surface area contributed by atoms with Gasteiger partial charge in [-0.2, -0.15) is 0 Å². The maximum atomic E-state index is 12.4. The molecular weight excluding hydrogens is 344 g/mol. The largest absolute Gasteiger partial charge is 0.361 e. The standard InChI is InChI=1S/C19H32N4O2Si/c1-15-6-5-7-22(11-15)12-16-10-17-18(19(24)21-13-20-17)23(16)14-25-8-9-26(2,3)4/h10,13,15H,5-9,11-12,14H2,1-4H3,(H,20,21,24)/t15-/m0/s1. The predicted octanol–water partition coefficient (Wildman–Crippen LogP) is 3.27. The molecule has 26 heavy (non-hydrogen) atoms. The van der Waals surface area contributed by atoms with Gasteiger partial charge in [-0.3, -0.25) is 9.69 Å². The minimum Gasteiger partial charge on any atom is -0.361 e. The predicted molar refractivity (Wildman–Crippen MR) is 108 cm³/mol. The molecule has 1 N–H and O–H groups in total. The summed E-state index contributed by atoms with van der Waals surface area (Å²) in [5, 5.41) is 0. The number of hydrogen-bond acceptors (Lipinski definition) is 4. The maximum Gasteiger partial charge on any atom is 0.275 e. The van der Waals surface area contributed by atoms with E-state index in [0.29, 0.717) is 12.2 Å². The minimum absolute atomic E-state index is 0.0953. The number of aromatic nitrogens is 3. The lowest BCUT2D eigenvalue weighted by atomic mass is 10.0. The van der Waals surface area contributed by atoms with Crippen LogP contribution in [-0.4, -0.2) is 47.2 Å². The van der Waals surface area contributed by atoms with Crippen LogP contribution >= 0.6 is 0 Å². The Labute approximate surface area is 156 Å². The molecule has 2 aromatic rings. The number of nitrogens with one attached hydrogen (secondary N) is 1. The van der Waals surface area contributed by atoms with E-state index in [9.17, 15) is 4.79 Å². The summed E-state index contributed by atoms with van der Waals surface area (Å²) in [7, 11) is -1.12. The highest BCUT2D eigenvalue weighted by Gasteiger charge is 2.20. The summed E-state index contributed by atoms with van der Waals surface area (Å²) in [5.74, 6) is 0.733. The number of ether oxygens (including phenoxy) is 1. The molecule has 7 heteroatoms. The Morgan fingerprint density at radius 3 is 2.92 bits per heavy atom. The number of fused-ring (bicyclic) bond motifs is 1. The van der Waals surface area contributed by atoms with Gasteiger partial charge in [0.15, 0.2) is 0 Å². The summed E-state index contributed by atoms with van der Waals surface area (Å²) < 4.78 is 7.99. The molecule has 3 rings (SSSR count). The Morgan fingerprint density at radius 1 is 1.38 bits per heavy atom. The van der Waals surface area contributed by atoms with Gasteiger partial charge in [-0.1, -0.05) is 26.6 Å². The van der Waals surface area contributed by atoms with E-state index < -0.39 is 8.07 Å². The molecule has 0 aromatic carbocycles. The fourth-order valence-electron chi connectivity index (χ4n) is 3.62. The van der Waals surface area contributed by atoms with Crippen LogP contribution in [0.2, 0.25) is 25.7 Å². The Morgan fingerprint density at radius 2 is 2.19 bits per heavy atom. The smallest absolute Gasteiger partial charge is 0.275 e. The third kappa shape index (κ3) is 4.84. The summed E-state index contributed by atoms with van der Waals surface area (Å²) in [5.41, 5.74) is 2.40. The molecule has 1 saturated heterocycles. The van der Waals surface area contributed by atoms with E-state index in [0.717, 1.165) is 49.4 Å². The van der Waals surface area contributed by atoms with Crippen molar-refractivity contribution in [3.05, 3.63) is 28.4 Å². The summed E-state index contributed by atoms with van der Waals surface area (Å²) in [4.78, 5) is 21.9. The lowest BCUT2D eigenvalue weighted by Crippen LogP contribution is -2.34. The van der Waals surface area contributed by atoms with Gasteiger partial charge in [0, 0.05) is 33.5 Å². The van der Waals surface area contributed by atoms with Gasteiger partial charge in [0.25, 0.3) is 5.56 Å². The molecule has 0 aliphatic carbocycles. The second-order valence-electron chi connectivity index (χ2n) is 8.86. The molecule has 1 fully saturated rings. The number of aromatic amines is 1. The van der Waals surface area contributed by atoms with Crippen molar-refractivity contribution in [1.29, 1.82) is 0 Å². The topological polar surface area (TPSA) is 63.2 Å². The molecule has 0 bridgehead atoms. The monoisotopic (exact) mass is 376 g/mol. The average molecular weight is 377 g/mol. The molecule has 1 atom stereocenters. The van der Waals surface area contributed by atoms with Crippen LogP contribution in [0.5, 0.6) is 0 Å². The molecule has 0 amide bonds. The van der Waals surface area contributed by atoms with E-state index in [1.54, 1.807) is 0 Å². The van der Waals surface area contributed by atoms with Crippen molar-refractivity contribution in [3.63, 3.8) is 0 Å². The Balaban J connectivity index is 1.80. The lowest BCUT2D eigenvalue weighted by Gasteiger charge is -2.31. The second kappa shape index (κ2) is 8.06. The van der Waals surface area contributed by atoms with Gasteiger partial charge in [0.2, 0.25) is 0 Å². The molecule has 0 spiro atoms. The van der Waals surface area contributed by atoms with E-state index in [1.165, 1.54) is 19.2 Å². The molecule has 144 valence electrons. The number of rotatable bonds is 7. The molecule has 6 nitrogen and oxygen atoms in total. The van der Waals surface area contributed by atoms with Crippen LogP contribution in [0.1, 0.15) is 25.5 Å². The fraction of sp³-hybridized carbons (Fsp3) is 0.684. The zero-order valence-corrected chi connectivity index (χ0v) is 17.5. The lowest BCUT2D eigenvalue weighted by molar-refractivity contribution is 0.0848. The molecule has 2 aromatic heterocycles. The van der Waals surface area contributed by atoms with Gasteiger partial charge in [-0.05, 0) is 37.4 Å². The number of nitrogens with zero attached hydrogens (tertiary/aromatic N) is 3. The highest BCUT2D eigenvalue weighted by Crippen LogP contribution is 2.21. The van der Waals surface area contributed by atoms with Crippen LogP contribution in [0.25, 0.3) is 11.0 Å². The first-order valence-electron chi connectivity index (χ1n) is 9.69. The van der Waals surface area contributed by atoms with E-state index in [2.05, 4.69) is 41.4 Å². The molecular formula is C19H32N4O2Si. The third-order valence-corrected chi connectivity index (χ3v) is 6.82. The van der Waals surface area contributed by atoms with Crippen molar-refractivity contribution in [2.24, 2.45) is 5.92 Å². The van der Waals surface area contributed by atoms with Gasteiger partial charge in [0.05, 0.1) is 11.8 Å². The number of piperidine rings is 1. The Bertz CT molecular complexity index is 793. The first-order chi connectivity index (χ1) is 12.3. The normalized spacial score (nSPS) is 19.3. The Hall–Kier alpha value is -1.44. The van der Waals surface area contributed by atoms with Gasteiger partial charge in [-0.25, -0.2) is 4.98 Å². The zero-order chi connectivity index (χ0) is 18.7. The first-order valence-corrected chi connectivity index (χ1v) is 13.4. The average Bonchev–Trinajstić information content (AvgIpc) is 2.89. The Kier molecular flexibility index (Phi) is 5.99. The molecule has 0 saturated carbocycles. The van der Waals surface area contributed by atoms with Crippen LogP contribution in [0.4, 0.5) is 0 Å². The second-order valence-corrected chi connectivity index (χ2v) is 14.5. The maximum absolute atomic E-state index is 12.4. The molecule has 1 aliphatic heterocycles. The van der Waals surface area contributed by atoms with E-state index in [4.69, 9.17) is 4.74 Å². The van der Waals surface area contributed by atoms with Crippen molar-refractivity contribution in [2.45, 2.75) is 58.7 Å². The highest BCUT2D eigenvalue weighted by molar-refractivity contribution is 6.76. The first kappa shape index (κ1) is 19.3. The number of likely N-dealkylation sites (tertiary alicyclic amines) is 1. The van der Waals surface area contributed by atoms with Gasteiger partial charge < -0.3 is 14.3 Å². The van der Waals surface area contributed by atoms with Crippen LogP contribution in [-0.2, 0) is 18.0 Å². The van der Waals surface area contributed by atoms with Crippen molar-refractivity contribution in [1.82, 2.24) is 19.4 Å². The molecule has 1 aliphatic rings. The fourth-order valence-corrected chi connectivity index (χ4v) is 4.38. The van der Waals surface area contributed by atoms with Crippen molar-refractivity contribution in [3.8, 4) is 0 Å². The van der Waals surface area contributed by atoms with E-state index in [1.807, 2.05) is 10.6 Å². The summed E-state index contributed by atoms with van der Waals surface area (Å²) in [6, 6.07) is 3.17. The summed E-state index contributed by atoms with van der Waals surface area (Å²) >= 11 is 0. The van der Waals surface area contributed by atoms with Crippen LogP contribution in [0, 0.1) is 5.92 Å². The van der Waals surface area contributed by atoms with Gasteiger partial charge >= 0.3 is 0 Å². The van der Waals surface area contributed by atoms with Gasteiger partial charge in [-0.15, -0.1) is 0 Å². The van der Waals surface area contributed by atoms with Crippen molar-refractivity contribution in [2.75, 3.05) is 19.7 Å². The van der Waals surface area contributed by atoms with Crippen LogP contribution < -0.4 is 5.56 Å². The summed E-state index contributed by atoms with van der Waals surface area (Å²) in [6.07, 6.45) is 4.03. The SMILES string of the molecule is C[C@H]1CCCN(Cc2cc3nc[nH]c(=O)c3n2COCC[Si](C)(C)C)C1. The van der Waals surface area contributed by atoms with Crippen LogP contribution in [0.3, 0.4) is 0 Å².